The Hall–Kier alpha value is -0.330. The number of nitrogens with one attached hydrogen (secondary N) is 1. The van der Waals surface area contributed by atoms with Gasteiger partial charge in [0.2, 0.25) is 0 Å². The molecule has 0 bridgehead atoms. The molecule has 0 radical (unpaired) electrons. The van der Waals surface area contributed by atoms with Crippen LogP contribution in [0.2, 0.25) is 0 Å². The predicted molar refractivity (Wildman–Crippen MR) is 56.6 cm³/mol. The van der Waals surface area contributed by atoms with E-state index in [0.29, 0.717) is 19.4 Å². The second kappa shape index (κ2) is 4.89. The summed E-state index contributed by atoms with van der Waals surface area (Å²) in [5.41, 5.74) is 8.47. The first-order chi connectivity index (χ1) is 7.29. The van der Waals surface area contributed by atoms with Gasteiger partial charge in [-0.25, -0.2) is 5.43 Å². The Labute approximate surface area is 94.1 Å². The van der Waals surface area contributed by atoms with Crippen molar-refractivity contribution in [3.05, 3.63) is 0 Å². The maximum absolute atomic E-state index is 12.5. The van der Waals surface area contributed by atoms with Gasteiger partial charge in [0, 0.05) is 26.2 Å². The summed E-state index contributed by atoms with van der Waals surface area (Å²) in [5.74, 6) is -1.16. The lowest BCUT2D eigenvalue weighted by Crippen LogP contribution is -2.58. The molecule has 6 heteroatoms. The summed E-state index contributed by atoms with van der Waals surface area (Å²) in [6.45, 7) is 0.371. The summed E-state index contributed by atoms with van der Waals surface area (Å²) < 4.78 is 37.5. The fourth-order valence-electron chi connectivity index (χ4n) is 2.33. The van der Waals surface area contributed by atoms with Crippen LogP contribution in [-0.2, 0) is 0 Å². The minimum Gasteiger partial charge on any atom is -0.329 e. The average Bonchev–Trinajstić information content (AvgIpc) is 2.16. The van der Waals surface area contributed by atoms with Gasteiger partial charge in [0.05, 0.1) is 5.92 Å². The highest BCUT2D eigenvalue weighted by molar-refractivity contribution is 4.94. The number of hydrazine groups is 1. The Bertz CT molecular complexity index is 220. The molecular formula is C10H20F3N3. The van der Waals surface area contributed by atoms with Crippen LogP contribution in [-0.4, -0.2) is 37.4 Å². The molecule has 0 aromatic heterocycles. The topological polar surface area (TPSA) is 41.3 Å². The lowest BCUT2D eigenvalue weighted by molar-refractivity contribution is -0.186. The van der Waals surface area contributed by atoms with E-state index in [4.69, 9.17) is 5.73 Å². The van der Waals surface area contributed by atoms with Gasteiger partial charge in [0.1, 0.15) is 0 Å². The molecule has 0 aromatic rings. The Morgan fingerprint density at radius 3 is 2.12 bits per heavy atom. The first-order valence-corrected chi connectivity index (χ1v) is 5.51. The number of alkyl halides is 3. The van der Waals surface area contributed by atoms with Gasteiger partial charge in [-0.2, -0.15) is 13.2 Å². The minimum atomic E-state index is -4.06. The number of nitrogens with two attached hydrogens (primary N) is 1. The highest BCUT2D eigenvalue weighted by atomic mass is 19.4. The third kappa shape index (κ3) is 3.33. The molecule has 0 unspecified atom stereocenters. The Morgan fingerprint density at radius 2 is 1.81 bits per heavy atom. The Morgan fingerprint density at radius 1 is 1.31 bits per heavy atom. The van der Waals surface area contributed by atoms with Gasteiger partial charge in [0.15, 0.2) is 0 Å². The molecule has 1 fully saturated rings. The fourth-order valence-corrected chi connectivity index (χ4v) is 2.33. The van der Waals surface area contributed by atoms with Gasteiger partial charge in [-0.3, -0.25) is 5.01 Å². The van der Waals surface area contributed by atoms with Gasteiger partial charge >= 0.3 is 6.18 Å². The number of rotatable bonds is 3. The van der Waals surface area contributed by atoms with Crippen LogP contribution in [0.4, 0.5) is 13.2 Å². The first-order valence-electron chi connectivity index (χ1n) is 5.51. The molecule has 3 N–H and O–H groups in total. The quantitative estimate of drug-likeness (QED) is 0.733. The zero-order valence-electron chi connectivity index (χ0n) is 9.77. The van der Waals surface area contributed by atoms with Crippen molar-refractivity contribution in [2.24, 2.45) is 11.7 Å². The van der Waals surface area contributed by atoms with Crippen LogP contribution < -0.4 is 11.2 Å². The lowest BCUT2D eigenvalue weighted by atomic mass is 9.76. The summed E-state index contributed by atoms with van der Waals surface area (Å²) in [6.07, 6.45) is -2.76. The zero-order valence-corrected chi connectivity index (χ0v) is 9.77. The van der Waals surface area contributed by atoms with Crippen molar-refractivity contribution >= 4 is 0 Å². The van der Waals surface area contributed by atoms with Crippen LogP contribution in [0.3, 0.4) is 0 Å². The first kappa shape index (κ1) is 13.7. The fraction of sp³-hybridized carbons (Fsp3) is 1.00. The zero-order chi connectivity index (χ0) is 12.4. The number of hydrogen-bond donors (Lipinski definition) is 2. The van der Waals surface area contributed by atoms with E-state index in [2.05, 4.69) is 5.43 Å². The normalized spacial score (nSPS) is 32.1. The summed E-state index contributed by atoms with van der Waals surface area (Å²) in [6, 6.07) is 0. The van der Waals surface area contributed by atoms with Crippen LogP contribution in [0.1, 0.15) is 25.7 Å². The minimum absolute atomic E-state index is 0.168. The van der Waals surface area contributed by atoms with E-state index < -0.39 is 12.1 Å². The standard InChI is InChI=1S/C10H20F3N3/c1-16(2)15-9(7-14)5-3-8(4-6-9)10(11,12)13/h8,15H,3-7,14H2,1-2H3. The molecule has 0 heterocycles. The molecule has 0 amide bonds. The van der Waals surface area contributed by atoms with E-state index in [1.54, 1.807) is 5.01 Å². The summed E-state index contributed by atoms with van der Waals surface area (Å²) >= 11 is 0. The van der Waals surface area contributed by atoms with Crippen LogP contribution >= 0.6 is 0 Å². The van der Waals surface area contributed by atoms with E-state index in [-0.39, 0.29) is 18.4 Å². The van der Waals surface area contributed by atoms with Gasteiger partial charge in [-0.1, -0.05) is 0 Å². The molecule has 1 aliphatic rings. The SMILES string of the molecule is CN(C)NC1(CN)CCC(C(F)(F)F)CC1. The smallest absolute Gasteiger partial charge is 0.329 e. The molecule has 1 saturated carbocycles. The largest absolute Gasteiger partial charge is 0.391 e. The van der Waals surface area contributed by atoms with E-state index in [1.165, 1.54) is 0 Å². The molecule has 0 saturated heterocycles. The van der Waals surface area contributed by atoms with Gasteiger partial charge in [-0.15, -0.1) is 0 Å². The third-order valence-electron chi connectivity index (χ3n) is 3.26. The lowest BCUT2D eigenvalue weighted by Gasteiger charge is -2.42. The molecule has 0 atom stereocenters. The number of hydrogen-bond acceptors (Lipinski definition) is 3. The summed E-state index contributed by atoms with van der Waals surface area (Å²) in [4.78, 5) is 0. The Balaban J connectivity index is 2.57. The molecule has 1 aliphatic carbocycles. The van der Waals surface area contributed by atoms with Crippen molar-refractivity contribution in [1.29, 1.82) is 0 Å². The molecule has 1 rings (SSSR count). The van der Waals surface area contributed by atoms with Crippen LogP contribution in [0.25, 0.3) is 0 Å². The van der Waals surface area contributed by atoms with Gasteiger partial charge in [0.25, 0.3) is 0 Å². The van der Waals surface area contributed by atoms with Crippen LogP contribution in [0.5, 0.6) is 0 Å². The highest BCUT2D eigenvalue weighted by Gasteiger charge is 2.45. The van der Waals surface area contributed by atoms with E-state index in [0.717, 1.165) is 0 Å². The molecule has 3 nitrogen and oxygen atoms in total. The van der Waals surface area contributed by atoms with Gasteiger partial charge < -0.3 is 5.73 Å². The predicted octanol–water partition coefficient (Wildman–Crippen LogP) is 1.50. The molecule has 96 valence electrons. The van der Waals surface area contributed by atoms with Crippen molar-refractivity contribution in [2.45, 2.75) is 37.4 Å². The molecule has 16 heavy (non-hydrogen) atoms. The number of halogens is 3. The number of nitrogens with zero attached hydrogens (tertiary/aromatic N) is 1. The highest BCUT2D eigenvalue weighted by Crippen LogP contribution is 2.40. The van der Waals surface area contributed by atoms with E-state index >= 15 is 0 Å². The van der Waals surface area contributed by atoms with E-state index in [1.807, 2.05) is 14.1 Å². The molecule has 0 aliphatic heterocycles. The second-order valence-corrected chi connectivity index (χ2v) is 4.81. The maximum atomic E-state index is 12.5. The van der Waals surface area contributed by atoms with Crippen molar-refractivity contribution in [3.8, 4) is 0 Å². The maximum Gasteiger partial charge on any atom is 0.391 e. The molecule has 0 spiro atoms. The summed E-state index contributed by atoms with van der Waals surface area (Å²) in [7, 11) is 3.65. The van der Waals surface area contributed by atoms with E-state index in [9.17, 15) is 13.2 Å². The summed E-state index contributed by atoms with van der Waals surface area (Å²) in [5, 5.41) is 1.76. The van der Waals surface area contributed by atoms with Crippen LogP contribution in [0.15, 0.2) is 0 Å². The van der Waals surface area contributed by atoms with Crippen molar-refractivity contribution in [1.82, 2.24) is 10.4 Å². The molecular weight excluding hydrogens is 219 g/mol. The van der Waals surface area contributed by atoms with Crippen molar-refractivity contribution < 1.29 is 13.2 Å². The van der Waals surface area contributed by atoms with Crippen LogP contribution in [0, 0.1) is 5.92 Å². The Kier molecular flexibility index (Phi) is 4.20. The second-order valence-electron chi connectivity index (χ2n) is 4.81. The monoisotopic (exact) mass is 239 g/mol. The van der Waals surface area contributed by atoms with Crippen molar-refractivity contribution in [2.75, 3.05) is 20.6 Å². The average molecular weight is 239 g/mol. The molecule has 0 aromatic carbocycles. The third-order valence-corrected chi connectivity index (χ3v) is 3.26. The van der Waals surface area contributed by atoms with Crippen molar-refractivity contribution in [3.63, 3.8) is 0 Å². The van der Waals surface area contributed by atoms with Gasteiger partial charge in [-0.05, 0) is 25.7 Å².